The summed E-state index contributed by atoms with van der Waals surface area (Å²) >= 11 is 2.88. The lowest BCUT2D eigenvalue weighted by atomic mass is 10.1. The highest BCUT2D eigenvalue weighted by molar-refractivity contribution is 9.10. The Morgan fingerprint density at radius 3 is 2.10 bits per heavy atom. The Bertz CT molecular complexity index is 662. The van der Waals surface area contributed by atoms with Gasteiger partial charge >= 0.3 is 6.18 Å². The molecule has 2 rings (SSSR count). The minimum atomic E-state index is -4.71. The molecule has 0 radical (unpaired) electrons. The Morgan fingerprint density at radius 1 is 1.00 bits per heavy atom. The molecule has 0 unspecified atom stereocenters. The van der Waals surface area contributed by atoms with Gasteiger partial charge in [0.15, 0.2) is 11.6 Å². The van der Waals surface area contributed by atoms with E-state index in [4.69, 9.17) is 5.73 Å². The number of nitrogen functional groups attached to an aromatic ring is 1. The van der Waals surface area contributed by atoms with Crippen LogP contribution < -0.4 is 11.1 Å². The van der Waals surface area contributed by atoms with Gasteiger partial charge in [-0.05, 0) is 30.3 Å². The highest BCUT2D eigenvalue weighted by Crippen LogP contribution is 2.38. The Labute approximate surface area is 124 Å². The van der Waals surface area contributed by atoms with Crippen LogP contribution >= 0.6 is 15.9 Å². The third-order valence-electron chi connectivity index (χ3n) is 2.62. The van der Waals surface area contributed by atoms with Crippen LogP contribution in [0, 0.1) is 11.6 Å². The van der Waals surface area contributed by atoms with Crippen LogP contribution in [-0.4, -0.2) is 0 Å². The second kappa shape index (κ2) is 5.51. The number of nitrogens with one attached hydrogen (secondary N) is 1. The maximum absolute atomic E-state index is 13.7. The average molecular weight is 367 g/mol. The van der Waals surface area contributed by atoms with E-state index in [0.29, 0.717) is 6.07 Å². The van der Waals surface area contributed by atoms with E-state index in [2.05, 4.69) is 21.2 Å². The number of hydrogen-bond acceptors (Lipinski definition) is 2. The molecule has 0 aromatic heterocycles. The van der Waals surface area contributed by atoms with Gasteiger partial charge in [-0.25, -0.2) is 8.78 Å². The quantitative estimate of drug-likeness (QED) is 0.575. The summed E-state index contributed by atoms with van der Waals surface area (Å²) in [7, 11) is 0. The van der Waals surface area contributed by atoms with Crippen molar-refractivity contribution >= 4 is 33.0 Å². The molecule has 0 amide bonds. The standard InChI is InChI=1S/C13H8BrF5N2/c14-6-3-9(15)12(10(16)4-6)21-11-2-1-7(20)5-8(11)13(17,18)19/h1-5,21H,20H2. The summed E-state index contributed by atoms with van der Waals surface area (Å²) in [5.74, 6) is -2.04. The fraction of sp³-hybridized carbons (Fsp3) is 0.0769. The van der Waals surface area contributed by atoms with Crippen LogP contribution in [0.4, 0.5) is 39.0 Å². The predicted octanol–water partition coefficient (Wildman–Crippen LogP) is 5.07. The van der Waals surface area contributed by atoms with E-state index in [-0.39, 0.29) is 10.2 Å². The molecule has 0 spiro atoms. The van der Waals surface area contributed by atoms with E-state index in [1.54, 1.807) is 0 Å². The SMILES string of the molecule is Nc1ccc(Nc2c(F)cc(Br)cc2F)c(C(F)(F)F)c1. The van der Waals surface area contributed by atoms with Gasteiger partial charge in [0.25, 0.3) is 0 Å². The second-order valence-electron chi connectivity index (χ2n) is 4.17. The zero-order valence-corrected chi connectivity index (χ0v) is 11.8. The zero-order chi connectivity index (χ0) is 15.8. The highest BCUT2D eigenvalue weighted by Gasteiger charge is 2.34. The van der Waals surface area contributed by atoms with Crippen LogP contribution in [0.5, 0.6) is 0 Å². The fourth-order valence-electron chi connectivity index (χ4n) is 1.70. The first-order valence-corrected chi connectivity index (χ1v) is 6.36. The van der Waals surface area contributed by atoms with Crippen molar-refractivity contribution in [1.29, 1.82) is 0 Å². The summed E-state index contributed by atoms with van der Waals surface area (Å²) in [5, 5.41) is 2.12. The molecule has 21 heavy (non-hydrogen) atoms. The van der Waals surface area contributed by atoms with E-state index in [0.717, 1.165) is 18.2 Å². The normalized spacial score (nSPS) is 11.5. The first kappa shape index (κ1) is 15.6. The van der Waals surface area contributed by atoms with Crippen molar-refractivity contribution < 1.29 is 22.0 Å². The van der Waals surface area contributed by atoms with Gasteiger partial charge in [0.1, 0.15) is 5.69 Å². The van der Waals surface area contributed by atoms with Gasteiger partial charge in [0, 0.05) is 10.2 Å². The molecule has 112 valence electrons. The van der Waals surface area contributed by atoms with Crippen molar-refractivity contribution in [2.45, 2.75) is 6.18 Å². The number of alkyl halides is 3. The number of halogens is 6. The molecule has 0 aliphatic heterocycles. The molecule has 0 aliphatic rings. The smallest absolute Gasteiger partial charge is 0.399 e. The average Bonchev–Trinajstić information content (AvgIpc) is 2.34. The molecule has 2 aromatic rings. The van der Waals surface area contributed by atoms with E-state index in [9.17, 15) is 22.0 Å². The van der Waals surface area contributed by atoms with Crippen LogP contribution in [-0.2, 0) is 6.18 Å². The largest absolute Gasteiger partial charge is 0.418 e. The van der Waals surface area contributed by atoms with Gasteiger partial charge in [0.05, 0.1) is 11.3 Å². The lowest BCUT2D eigenvalue weighted by molar-refractivity contribution is -0.136. The summed E-state index contributed by atoms with van der Waals surface area (Å²) < 4.78 is 66.2. The molecule has 0 saturated heterocycles. The molecule has 0 heterocycles. The van der Waals surface area contributed by atoms with Crippen LogP contribution in [0.1, 0.15) is 5.56 Å². The van der Waals surface area contributed by atoms with Gasteiger partial charge in [-0.3, -0.25) is 0 Å². The lowest BCUT2D eigenvalue weighted by Crippen LogP contribution is -2.10. The van der Waals surface area contributed by atoms with Crippen molar-refractivity contribution in [2.24, 2.45) is 0 Å². The van der Waals surface area contributed by atoms with Gasteiger partial charge in [0.2, 0.25) is 0 Å². The molecule has 8 heteroatoms. The monoisotopic (exact) mass is 366 g/mol. The van der Waals surface area contributed by atoms with E-state index < -0.39 is 34.7 Å². The maximum Gasteiger partial charge on any atom is 0.418 e. The van der Waals surface area contributed by atoms with E-state index >= 15 is 0 Å². The minimum Gasteiger partial charge on any atom is -0.399 e. The van der Waals surface area contributed by atoms with Crippen LogP contribution in [0.25, 0.3) is 0 Å². The highest BCUT2D eigenvalue weighted by atomic mass is 79.9. The van der Waals surface area contributed by atoms with Crippen LogP contribution in [0.15, 0.2) is 34.8 Å². The van der Waals surface area contributed by atoms with Crippen LogP contribution in [0.2, 0.25) is 0 Å². The summed E-state index contributed by atoms with van der Waals surface area (Å²) in [6.45, 7) is 0. The molecule has 0 bridgehead atoms. The van der Waals surface area contributed by atoms with Crippen molar-refractivity contribution in [3.8, 4) is 0 Å². The number of benzene rings is 2. The molecule has 0 aliphatic carbocycles. The van der Waals surface area contributed by atoms with Gasteiger partial charge in [-0.2, -0.15) is 13.2 Å². The molecule has 2 nitrogen and oxygen atoms in total. The molecular formula is C13H8BrF5N2. The molecule has 0 saturated carbocycles. The van der Waals surface area contributed by atoms with Crippen molar-refractivity contribution in [3.05, 3.63) is 52.0 Å². The van der Waals surface area contributed by atoms with Crippen molar-refractivity contribution in [1.82, 2.24) is 0 Å². The Morgan fingerprint density at radius 2 is 1.57 bits per heavy atom. The molecule has 3 N–H and O–H groups in total. The Balaban J connectivity index is 2.50. The van der Waals surface area contributed by atoms with Gasteiger partial charge in [-0.1, -0.05) is 15.9 Å². The third-order valence-corrected chi connectivity index (χ3v) is 3.07. The Kier molecular flexibility index (Phi) is 4.08. The van der Waals surface area contributed by atoms with Gasteiger partial charge in [-0.15, -0.1) is 0 Å². The van der Waals surface area contributed by atoms with E-state index in [1.165, 1.54) is 6.07 Å². The summed E-state index contributed by atoms with van der Waals surface area (Å²) in [4.78, 5) is 0. The fourth-order valence-corrected chi connectivity index (χ4v) is 2.10. The first-order chi connectivity index (χ1) is 9.68. The molecule has 0 fully saturated rings. The number of anilines is 3. The first-order valence-electron chi connectivity index (χ1n) is 5.57. The number of nitrogens with two attached hydrogens (primary N) is 1. The zero-order valence-electron chi connectivity index (χ0n) is 10.2. The topological polar surface area (TPSA) is 38.0 Å². The van der Waals surface area contributed by atoms with E-state index in [1.807, 2.05) is 0 Å². The minimum absolute atomic E-state index is 0.107. The Hall–Kier alpha value is -1.83. The summed E-state index contributed by atoms with van der Waals surface area (Å²) in [6.07, 6.45) is -4.71. The number of rotatable bonds is 2. The van der Waals surface area contributed by atoms with Gasteiger partial charge < -0.3 is 11.1 Å². The molecule has 0 atom stereocenters. The molecular weight excluding hydrogens is 359 g/mol. The van der Waals surface area contributed by atoms with Crippen molar-refractivity contribution in [3.63, 3.8) is 0 Å². The van der Waals surface area contributed by atoms with Crippen LogP contribution in [0.3, 0.4) is 0 Å². The second-order valence-corrected chi connectivity index (χ2v) is 5.09. The van der Waals surface area contributed by atoms with Crippen molar-refractivity contribution in [2.75, 3.05) is 11.1 Å². The predicted molar refractivity (Wildman–Crippen MR) is 73.2 cm³/mol. The molecule has 2 aromatic carbocycles. The lowest BCUT2D eigenvalue weighted by Gasteiger charge is -2.16. The summed E-state index contributed by atoms with van der Waals surface area (Å²) in [5.41, 5.74) is 2.94. The maximum atomic E-state index is 13.7. The third kappa shape index (κ3) is 3.44. The summed E-state index contributed by atoms with van der Waals surface area (Å²) in [6, 6.07) is 4.79. The number of hydrogen-bond donors (Lipinski definition) is 2.